The van der Waals surface area contributed by atoms with Crippen LogP contribution in [0.5, 0.6) is 0 Å². The third-order valence-electron chi connectivity index (χ3n) is 1.27. The molecule has 0 radical (unpaired) electrons. The quantitative estimate of drug-likeness (QED) is 0.679. The van der Waals surface area contributed by atoms with E-state index in [2.05, 4.69) is 20.7 Å². The maximum atomic E-state index is 10.4. The highest BCUT2D eigenvalue weighted by Crippen LogP contribution is 1.72. The van der Waals surface area contributed by atoms with E-state index >= 15 is 0 Å². The van der Waals surface area contributed by atoms with E-state index in [4.69, 9.17) is 0 Å². The van der Waals surface area contributed by atoms with Crippen LogP contribution in [-0.2, 0) is 4.74 Å². The molecule has 0 rings (SSSR count). The van der Waals surface area contributed by atoms with Gasteiger partial charge in [-0.25, -0.2) is 9.59 Å². The Labute approximate surface area is 97.1 Å². The van der Waals surface area contributed by atoms with Gasteiger partial charge in [-0.05, 0) is 27.7 Å². The molecule has 96 valence electrons. The van der Waals surface area contributed by atoms with Gasteiger partial charge >= 0.3 is 12.1 Å². The molecule has 0 heterocycles. The Hall–Kier alpha value is -1.46. The summed E-state index contributed by atoms with van der Waals surface area (Å²) in [6, 6.07) is -0.0880. The van der Waals surface area contributed by atoms with E-state index in [1.54, 1.807) is 6.92 Å². The molecule has 0 atom stereocenters. The van der Waals surface area contributed by atoms with Crippen molar-refractivity contribution in [1.29, 1.82) is 0 Å². The number of rotatable bonds is 4. The predicted molar refractivity (Wildman–Crippen MR) is 63.4 cm³/mol. The van der Waals surface area contributed by atoms with Crippen molar-refractivity contribution in [3.63, 3.8) is 0 Å². The lowest BCUT2D eigenvalue weighted by Gasteiger charge is -1.99. The molecule has 0 aromatic rings. The summed E-state index contributed by atoms with van der Waals surface area (Å²) in [5, 5.41) is 7.68. The highest BCUT2D eigenvalue weighted by atomic mass is 16.5. The molecule has 3 amide bonds. The summed E-state index contributed by atoms with van der Waals surface area (Å²) in [6.45, 7) is 9.82. The Morgan fingerprint density at radius 1 is 0.875 bits per heavy atom. The van der Waals surface area contributed by atoms with Crippen molar-refractivity contribution in [2.24, 2.45) is 0 Å². The third kappa shape index (κ3) is 15.0. The molecule has 0 spiro atoms. The molecule has 0 aliphatic carbocycles. The lowest BCUT2D eigenvalue weighted by molar-refractivity contribution is 0.153. The predicted octanol–water partition coefficient (Wildman–Crippen LogP) is 1.08. The van der Waals surface area contributed by atoms with E-state index in [0.29, 0.717) is 26.2 Å². The number of hydrogen-bond donors (Lipinski definition) is 3. The molecule has 3 N–H and O–H groups in total. The first-order chi connectivity index (χ1) is 7.62. The standard InChI is InChI=1S/C5H12N2O.C5H11NO2/c1-3-6-5(8)7-4-2;1-3-6-5(7)8-4-2/h3-4H2,1-2H3,(H2,6,7,8);3-4H2,1-2H3,(H,6,7). The smallest absolute Gasteiger partial charge is 0.407 e. The second-order valence-electron chi connectivity index (χ2n) is 2.64. The number of ether oxygens (including phenoxy) is 1. The average molecular weight is 233 g/mol. The van der Waals surface area contributed by atoms with Crippen LogP contribution in [0.4, 0.5) is 9.59 Å². The number of amides is 3. The molecule has 0 aliphatic heterocycles. The first kappa shape index (κ1) is 17.0. The van der Waals surface area contributed by atoms with E-state index < -0.39 is 0 Å². The van der Waals surface area contributed by atoms with Gasteiger partial charge in [0.1, 0.15) is 0 Å². The van der Waals surface area contributed by atoms with Crippen LogP contribution in [0.2, 0.25) is 0 Å². The molecule has 0 aliphatic rings. The number of carbonyl (C=O) groups is 2. The van der Waals surface area contributed by atoms with Gasteiger partial charge in [-0.15, -0.1) is 0 Å². The van der Waals surface area contributed by atoms with Gasteiger partial charge in [-0.2, -0.15) is 0 Å². The van der Waals surface area contributed by atoms with Crippen molar-refractivity contribution in [3.05, 3.63) is 0 Å². The van der Waals surface area contributed by atoms with Gasteiger partial charge < -0.3 is 20.7 Å². The minimum absolute atomic E-state index is 0.0880. The summed E-state index contributed by atoms with van der Waals surface area (Å²) in [5.74, 6) is 0. The zero-order chi connectivity index (χ0) is 12.8. The molecular weight excluding hydrogens is 210 g/mol. The molecule has 0 aromatic carbocycles. The van der Waals surface area contributed by atoms with Crippen molar-refractivity contribution < 1.29 is 14.3 Å². The van der Waals surface area contributed by atoms with Gasteiger partial charge in [-0.1, -0.05) is 0 Å². The number of nitrogens with one attached hydrogen (secondary N) is 3. The summed E-state index contributed by atoms with van der Waals surface area (Å²) in [4.78, 5) is 20.7. The Bertz CT molecular complexity index is 150. The van der Waals surface area contributed by atoms with Crippen molar-refractivity contribution in [3.8, 4) is 0 Å². The topological polar surface area (TPSA) is 79.5 Å². The molecule has 0 saturated heterocycles. The number of urea groups is 1. The van der Waals surface area contributed by atoms with Crippen LogP contribution in [0, 0.1) is 0 Å². The highest BCUT2D eigenvalue weighted by molar-refractivity contribution is 5.73. The third-order valence-corrected chi connectivity index (χ3v) is 1.27. The molecule has 0 fully saturated rings. The van der Waals surface area contributed by atoms with Gasteiger partial charge in [0, 0.05) is 19.6 Å². The molecule has 0 saturated carbocycles. The maximum Gasteiger partial charge on any atom is 0.407 e. The molecular formula is C10H23N3O3. The lowest BCUT2D eigenvalue weighted by atomic mass is 10.7. The summed E-state index contributed by atoms with van der Waals surface area (Å²) in [6.07, 6.45) is -0.338. The van der Waals surface area contributed by atoms with Crippen LogP contribution >= 0.6 is 0 Å². The number of hydrogen-bond acceptors (Lipinski definition) is 3. The SMILES string of the molecule is CCNC(=O)NCC.CCNC(=O)OCC. The van der Waals surface area contributed by atoms with E-state index in [9.17, 15) is 9.59 Å². The second kappa shape index (κ2) is 13.5. The van der Waals surface area contributed by atoms with Crippen molar-refractivity contribution in [1.82, 2.24) is 16.0 Å². The van der Waals surface area contributed by atoms with Crippen LogP contribution in [-0.4, -0.2) is 38.4 Å². The molecule has 0 bridgehead atoms. The van der Waals surface area contributed by atoms with Gasteiger partial charge in [0.15, 0.2) is 0 Å². The van der Waals surface area contributed by atoms with Crippen molar-refractivity contribution >= 4 is 12.1 Å². The Balaban J connectivity index is 0. The first-order valence-corrected chi connectivity index (χ1v) is 5.54. The highest BCUT2D eigenvalue weighted by Gasteiger charge is 1.92. The zero-order valence-corrected chi connectivity index (χ0v) is 10.6. The normalized spacial score (nSPS) is 8.25. The van der Waals surface area contributed by atoms with E-state index in [-0.39, 0.29) is 12.1 Å². The summed E-state index contributed by atoms with van der Waals surface area (Å²) in [5.41, 5.74) is 0. The minimum atomic E-state index is -0.338. The van der Waals surface area contributed by atoms with Gasteiger partial charge in [-0.3, -0.25) is 0 Å². The fraction of sp³-hybridized carbons (Fsp3) is 0.800. The monoisotopic (exact) mass is 233 g/mol. The van der Waals surface area contributed by atoms with E-state index in [1.807, 2.05) is 20.8 Å². The Morgan fingerprint density at radius 2 is 1.31 bits per heavy atom. The molecule has 0 unspecified atom stereocenters. The molecule has 6 nitrogen and oxygen atoms in total. The second-order valence-corrected chi connectivity index (χ2v) is 2.64. The van der Waals surface area contributed by atoms with Crippen LogP contribution < -0.4 is 16.0 Å². The Kier molecular flexibility index (Phi) is 14.3. The fourth-order valence-corrected chi connectivity index (χ4v) is 0.710. The average Bonchev–Trinajstić information content (AvgIpc) is 2.20. The maximum absolute atomic E-state index is 10.4. The minimum Gasteiger partial charge on any atom is -0.450 e. The largest absolute Gasteiger partial charge is 0.450 e. The van der Waals surface area contributed by atoms with Crippen LogP contribution in [0.15, 0.2) is 0 Å². The van der Waals surface area contributed by atoms with Crippen molar-refractivity contribution in [2.45, 2.75) is 27.7 Å². The zero-order valence-electron chi connectivity index (χ0n) is 10.6. The van der Waals surface area contributed by atoms with Gasteiger partial charge in [0.2, 0.25) is 0 Å². The Morgan fingerprint density at radius 3 is 1.62 bits per heavy atom. The van der Waals surface area contributed by atoms with Crippen molar-refractivity contribution in [2.75, 3.05) is 26.2 Å². The molecule has 16 heavy (non-hydrogen) atoms. The van der Waals surface area contributed by atoms with E-state index in [1.165, 1.54) is 0 Å². The summed E-state index contributed by atoms with van der Waals surface area (Å²) in [7, 11) is 0. The molecule has 0 aromatic heterocycles. The first-order valence-electron chi connectivity index (χ1n) is 5.54. The number of alkyl carbamates (subject to hydrolysis) is 1. The van der Waals surface area contributed by atoms with E-state index in [0.717, 1.165) is 0 Å². The fourth-order valence-electron chi connectivity index (χ4n) is 0.710. The van der Waals surface area contributed by atoms with Crippen LogP contribution in [0.25, 0.3) is 0 Å². The van der Waals surface area contributed by atoms with Crippen LogP contribution in [0.3, 0.4) is 0 Å². The number of carbonyl (C=O) groups excluding carboxylic acids is 2. The molecule has 6 heteroatoms. The summed E-state index contributed by atoms with van der Waals surface area (Å²) >= 11 is 0. The lowest BCUT2D eigenvalue weighted by Crippen LogP contribution is -2.34. The van der Waals surface area contributed by atoms with Gasteiger partial charge in [0.05, 0.1) is 6.61 Å². The summed E-state index contributed by atoms with van der Waals surface area (Å²) < 4.78 is 4.53. The van der Waals surface area contributed by atoms with Gasteiger partial charge in [0.25, 0.3) is 0 Å². The van der Waals surface area contributed by atoms with Crippen LogP contribution in [0.1, 0.15) is 27.7 Å².